The minimum Gasteiger partial charge on any atom is -0.378 e. The highest BCUT2D eigenvalue weighted by Gasteiger charge is 2.18. The molecule has 1 aliphatic heterocycles. The number of morpholine rings is 1. The lowest BCUT2D eigenvalue weighted by Crippen LogP contribution is -2.43. The lowest BCUT2D eigenvalue weighted by atomic mass is 10.2. The average Bonchev–Trinajstić information content (AvgIpc) is 2.84. The number of fused-ring (bicyclic) bond motifs is 1. The van der Waals surface area contributed by atoms with E-state index in [1.54, 1.807) is 4.90 Å². The molecule has 0 aliphatic carbocycles. The summed E-state index contributed by atoms with van der Waals surface area (Å²) in [7, 11) is 0. The quantitative estimate of drug-likeness (QED) is 0.871. The predicted molar refractivity (Wildman–Crippen MR) is 75.8 cm³/mol. The van der Waals surface area contributed by atoms with Gasteiger partial charge in [-0.3, -0.25) is 5.32 Å². The predicted octanol–water partition coefficient (Wildman–Crippen LogP) is 2.47. The normalized spacial score (nSPS) is 15.7. The van der Waals surface area contributed by atoms with E-state index in [1.807, 2.05) is 25.1 Å². The minimum atomic E-state index is -0.0972. The van der Waals surface area contributed by atoms with Crippen molar-refractivity contribution in [3.8, 4) is 0 Å². The van der Waals surface area contributed by atoms with E-state index in [4.69, 9.17) is 4.74 Å². The molecule has 1 saturated heterocycles. The second kappa shape index (κ2) is 5.14. The Hall–Kier alpha value is -1.66. The van der Waals surface area contributed by atoms with Gasteiger partial charge in [-0.15, -0.1) is 0 Å². The van der Waals surface area contributed by atoms with Gasteiger partial charge in [0.1, 0.15) is 0 Å². The van der Waals surface area contributed by atoms with Crippen LogP contribution < -0.4 is 5.32 Å². The molecule has 100 valence electrons. The Bertz CT molecular complexity index is 605. The standard InChI is InChI=1S/C13H15N3O2S/c1-9-3-2-4-10-11(9)14-12(19-10)15-13(17)16-5-7-18-8-6-16/h2-4H,5-8H2,1H3,(H,14,15,17). The molecule has 2 heterocycles. The van der Waals surface area contributed by atoms with E-state index >= 15 is 0 Å². The summed E-state index contributed by atoms with van der Waals surface area (Å²) in [5.74, 6) is 0. The van der Waals surface area contributed by atoms with Crippen LogP contribution in [0.25, 0.3) is 10.2 Å². The summed E-state index contributed by atoms with van der Waals surface area (Å²) in [6.45, 7) is 4.50. The Labute approximate surface area is 115 Å². The van der Waals surface area contributed by atoms with Crippen LogP contribution in [0.2, 0.25) is 0 Å². The molecule has 5 nitrogen and oxygen atoms in total. The van der Waals surface area contributed by atoms with E-state index in [0.29, 0.717) is 31.4 Å². The summed E-state index contributed by atoms with van der Waals surface area (Å²) >= 11 is 1.50. The molecular weight excluding hydrogens is 262 g/mol. The van der Waals surface area contributed by atoms with Crippen LogP contribution in [-0.4, -0.2) is 42.2 Å². The number of thiazole rings is 1. The van der Waals surface area contributed by atoms with Crippen molar-refractivity contribution in [3.63, 3.8) is 0 Å². The maximum absolute atomic E-state index is 12.1. The van der Waals surface area contributed by atoms with E-state index < -0.39 is 0 Å². The zero-order chi connectivity index (χ0) is 13.2. The number of nitrogens with one attached hydrogen (secondary N) is 1. The number of anilines is 1. The zero-order valence-electron chi connectivity index (χ0n) is 10.7. The Morgan fingerprint density at radius 3 is 2.95 bits per heavy atom. The van der Waals surface area contributed by atoms with Crippen LogP contribution in [-0.2, 0) is 4.74 Å². The number of benzene rings is 1. The number of aromatic nitrogens is 1. The van der Waals surface area contributed by atoms with E-state index in [1.165, 1.54) is 11.3 Å². The molecule has 1 aliphatic rings. The molecule has 0 saturated carbocycles. The SMILES string of the molecule is Cc1cccc2sc(NC(=O)N3CCOCC3)nc12. The Kier molecular flexibility index (Phi) is 3.35. The highest BCUT2D eigenvalue weighted by molar-refractivity contribution is 7.22. The number of nitrogens with zero attached hydrogens (tertiary/aromatic N) is 2. The van der Waals surface area contributed by atoms with E-state index in [2.05, 4.69) is 10.3 Å². The molecule has 1 fully saturated rings. The Balaban J connectivity index is 1.77. The number of urea groups is 1. The molecule has 6 heteroatoms. The van der Waals surface area contributed by atoms with Gasteiger partial charge >= 0.3 is 6.03 Å². The fraction of sp³-hybridized carbons (Fsp3) is 0.385. The van der Waals surface area contributed by atoms with Gasteiger partial charge in [0.15, 0.2) is 5.13 Å². The fourth-order valence-corrected chi connectivity index (χ4v) is 3.01. The molecule has 0 unspecified atom stereocenters. The first-order chi connectivity index (χ1) is 9.24. The van der Waals surface area contributed by atoms with Crippen molar-refractivity contribution in [2.45, 2.75) is 6.92 Å². The first-order valence-corrected chi connectivity index (χ1v) is 7.05. The maximum Gasteiger partial charge on any atom is 0.323 e. The molecular formula is C13H15N3O2S. The second-order valence-corrected chi connectivity index (χ2v) is 5.50. The smallest absolute Gasteiger partial charge is 0.323 e. The first-order valence-electron chi connectivity index (χ1n) is 6.24. The molecule has 2 aromatic rings. The van der Waals surface area contributed by atoms with Gasteiger partial charge in [0.2, 0.25) is 0 Å². The summed E-state index contributed by atoms with van der Waals surface area (Å²) in [5, 5.41) is 3.52. The summed E-state index contributed by atoms with van der Waals surface area (Å²) in [6, 6.07) is 5.95. The van der Waals surface area contributed by atoms with Gasteiger partial charge in [0.05, 0.1) is 23.4 Å². The van der Waals surface area contributed by atoms with Crippen molar-refractivity contribution in [3.05, 3.63) is 23.8 Å². The minimum absolute atomic E-state index is 0.0972. The largest absolute Gasteiger partial charge is 0.378 e. The van der Waals surface area contributed by atoms with Gasteiger partial charge in [-0.1, -0.05) is 23.5 Å². The van der Waals surface area contributed by atoms with Gasteiger partial charge in [0, 0.05) is 13.1 Å². The van der Waals surface area contributed by atoms with Crippen molar-refractivity contribution in [2.75, 3.05) is 31.6 Å². The monoisotopic (exact) mass is 277 g/mol. The van der Waals surface area contributed by atoms with Gasteiger partial charge in [-0.25, -0.2) is 9.78 Å². The van der Waals surface area contributed by atoms with Gasteiger partial charge in [-0.2, -0.15) is 0 Å². The lowest BCUT2D eigenvalue weighted by molar-refractivity contribution is 0.0564. The molecule has 0 radical (unpaired) electrons. The zero-order valence-corrected chi connectivity index (χ0v) is 11.5. The molecule has 0 atom stereocenters. The number of hydrogen-bond acceptors (Lipinski definition) is 4. The van der Waals surface area contributed by atoms with Gasteiger partial charge < -0.3 is 9.64 Å². The second-order valence-electron chi connectivity index (χ2n) is 4.47. The highest BCUT2D eigenvalue weighted by atomic mass is 32.1. The third kappa shape index (κ3) is 2.54. The summed E-state index contributed by atoms with van der Waals surface area (Å²) in [5.41, 5.74) is 2.09. The number of amides is 2. The molecule has 0 spiro atoms. The summed E-state index contributed by atoms with van der Waals surface area (Å²) in [6.07, 6.45) is 0. The van der Waals surface area contributed by atoms with Crippen molar-refractivity contribution >= 4 is 32.7 Å². The fourth-order valence-electron chi connectivity index (χ4n) is 2.08. The molecule has 1 N–H and O–H groups in total. The number of carbonyl (C=O) groups excluding carboxylic acids is 1. The number of ether oxygens (including phenoxy) is 1. The number of aryl methyl sites for hydroxylation is 1. The van der Waals surface area contributed by atoms with Crippen LogP contribution in [0.15, 0.2) is 18.2 Å². The third-order valence-corrected chi connectivity index (χ3v) is 4.07. The molecule has 1 aromatic carbocycles. The van der Waals surface area contributed by atoms with Crippen LogP contribution in [0.4, 0.5) is 9.93 Å². The van der Waals surface area contributed by atoms with Crippen molar-refractivity contribution in [1.29, 1.82) is 0 Å². The number of para-hydroxylation sites is 1. The molecule has 1 aromatic heterocycles. The third-order valence-electron chi connectivity index (χ3n) is 3.13. The molecule has 2 amide bonds. The number of hydrogen-bond donors (Lipinski definition) is 1. The number of rotatable bonds is 1. The van der Waals surface area contributed by atoms with E-state index in [0.717, 1.165) is 15.8 Å². The number of carbonyl (C=O) groups is 1. The lowest BCUT2D eigenvalue weighted by Gasteiger charge is -2.26. The van der Waals surface area contributed by atoms with E-state index in [-0.39, 0.29) is 6.03 Å². The van der Waals surface area contributed by atoms with Crippen molar-refractivity contribution in [1.82, 2.24) is 9.88 Å². The molecule has 0 bridgehead atoms. The average molecular weight is 277 g/mol. The summed E-state index contributed by atoms with van der Waals surface area (Å²) in [4.78, 5) is 18.3. The van der Waals surface area contributed by atoms with Crippen LogP contribution in [0.1, 0.15) is 5.56 Å². The Morgan fingerprint density at radius 1 is 1.42 bits per heavy atom. The molecule has 3 rings (SSSR count). The van der Waals surface area contributed by atoms with Gasteiger partial charge in [0.25, 0.3) is 0 Å². The van der Waals surface area contributed by atoms with Crippen molar-refractivity contribution < 1.29 is 9.53 Å². The van der Waals surface area contributed by atoms with Crippen LogP contribution in [0.3, 0.4) is 0 Å². The van der Waals surface area contributed by atoms with Crippen LogP contribution >= 0.6 is 11.3 Å². The topological polar surface area (TPSA) is 54.5 Å². The van der Waals surface area contributed by atoms with Crippen molar-refractivity contribution in [2.24, 2.45) is 0 Å². The van der Waals surface area contributed by atoms with Crippen LogP contribution in [0, 0.1) is 6.92 Å². The maximum atomic E-state index is 12.1. The first kappa shape index (κ1) is 12.4. The van der Waals surface area contributed by atoms with E-state index in [9.17, 15) is 4.79 Å². The Morgan fingerprint density at radius 2 is 2.21 bits per heavy atom. The van der Waals surface area contributed by atoms with Gasteiger partial charge in [-0.05, 0) is 18.6 Å². The van der Waals surface area contributed by atoms with Crippen LogP contribution in [0.5, 0.6) is 0 Å². The highest BCUT2D eigenvalue weighted by Crippen LogP contribution is 2.28. The summed E-state index contributed by atoms with van der Waals surface area (Å²) < 4.78 is 6.32. The molecule has 19 heavy (non-hydrogen) atoms.